The number of nitrogens with zero attached hydrogens (tertiary/aromatic N) is 4. The highest BCUT2D eigenvalue weighted by Crippen LogP contribution is 2.34. The van der Waals surface area contributed by atoms with Crippen molar-refractivity contribution in [1.82, 2.24) is 0 Å². The number of halogens is 2. The number of aliphatic imine (C=N–C) groups is 2. The van der Waals surface area contributed by atoms with Crippen LogP contribution >= 0.6 is 23.2 Å². The number of hydrogen-bond donors (Lipinski definition) is 2. The lowest BCUT2D eigenvalue weighted by Gasteiger charge is -2.32. The summed E-state index contributed by atoms with van der Waals surface area (Å²) < 4.78 is 0. The largest absolute Gasteiger partial charge is 0.369 e. The summed E-state index contributed by atoms with van der Waals surface area (Å²) >= 11 is 12.0. The van der Waals surface area contributed by atoms with Gasteiger partial charge in [-0.25, -0.2) is 4.99 Å². The van der Waals surface area contributed by atoms with Crippen LogP contribution in [0.1, 0.15) is 11.7 Å². The predicted molar refractivity (Wildman–Crippen MR) is 98.0 cm³/mol. The molecule has 0 saturated carbocycles. The standard InChI is InChI=1S/C15H12Cl2N6O2/c16-11-6-5-10(7-12(11)17)22-13(20-14(18)21-15(22)19)8-1-3-9(4-2-8)23(24)25/h1-7,13H,(H4,18,19,20,21)/t13-/m1/s1. The van der Waals surface area contributed by atoms with Crippen LogP contribution < -0.4 is 16.4 Å². The van der Waals surface area contributed by atoms with E-state index in [4.69, 9.17) is 34.7 Å². The first kappa shape index (κ1) is 17.0. The van der Waals surface area contributed by atoms with Crippen molar-refractivity contribution in [3.8, 4) is 0 Å². The van der Waals surface area contributed by atoms with Crippen molar-refractivity contribution >= 4 is 46.5 Å². The molecule has 0 aliphatic carbocycles. The van der Waals surface area contributed by atoms with E-state index in [1.54, 1.807) is 35.2 Å². The van der Waals surface area contributed by atoms with E-state index in [1.165, 1.54) is 12.1 Å². The second kappa shape index (κ2) is 6.58. The molecule has 3 rings (SSSR count). The van der Waals surface area contributed by atoms with Crippen molar-refractivity contribution < 1.29 is 4.92 Å². The van der Waals surface area contributed by atoms with Gasteiger partial charge in [0.1, 0.15) is 0 Å². The Hall–Kier alpha value is -2.84. The Kier molecular flexibility index (Phi) is 4.47. The quantitative estimate of drug-likeness (QED) is 0.627. The van der Waals surface area contributed by atoms with Gasteiger partial charge in [0.15, 0.2) is 6.17 Å². The van der Waals surface area contributed by atoms with Crippen molar-refractivity contribution in [2.45, 2.75) is 6.17 Å². The lowest BCUT2D eigenvalue weighted by Crippen LogP contribution is -2.44. The van der Waals surface area contributed by atoms with Gasteiger partial charge in [-0.05, 0) is 35.9 Å². The van der Waals surface area contributed by atoms with E-state index < -0.39 is 11.1 Å². The lowest BCUT2D eigenvalue weighted by molar-refractivity contribution is -0.384. The van der Waals surface area contributed by atoms with Gasteiger partial charge < -0.3 is 11.5 Å². The molecular formula is C15H12Cl2N6O2. The maximum absolute atomic E-state index is 10.8. The highest BCUT2D eigenvalue weighted by Gasteiger charge is 2.28. The number of rotatable bonds is 3. The number of anilines is 1. The minimum atomic E-state index is -0.643. The molecule has 0 aromatic heterocycles. The molecule has 1 aliphatic rings. The van der Waals surface area contributed by atoms with E-state index in [0.29, 0.717) is 21.3 Å². The van der Waals surface area contributed by atoms with Gasteiger partial charge in [0.05, 0.1) is 15.0 Å². The molecule has 25 heavy (non-hydrogen) atoms. The topological polar surface area (TPSA) is 123 Å². The summed E-state index contributed by atoms with van der Waals surface area (Å²) in [6.07, 6.45) is -0.643. The van der Waals surface area contributed by atoms with E-state index in [1.807, 2.05) is 0 Å². The first-order chi connectivity index (χ1) is 11.9. The van der Waals surface area contributed by atoms with E-state index in [9.17, 15) is 10.1 Å². The highest BCUT2D eigenvalue weighted by molar-refractivity contribution is 6.42. The molecule has 1 heterocycles. The summed E-state index contributed by atoms with van der Waals surface area (Å²) in [6, 6.07) is 10.9. The molecule has 0 bridgehead atoms. The van der Waals surface area contributed by atoms with Crippen LogP contribution in [0, 0.1) is 10.1 Å². The molecule has 128 valence electrons. The molecule has 0 amide bonds. The summed E-state index contributed by atoms with van der Waals surface area (Å²) in [4.78, 5) is 20.2. The van der Waals surface area contributed by atoms with Gasteiger partial charge in [0, 0.05) is 17.8 Å². The minimum absolute atomic E-state index is 0.0113. The lowest BCUT2D eigenvalue weighted by atomic mass is 10.1. The monoisotopic (exact) mass is 378 g/mol. The van der Waals surface area contributed by atoms with E-state index >= 15 is 0 Å². The number of nitrogens with two attached hydrogens (primary N) is 2. The minimum Gasteiger partial charge on any atom is -0.369 e. The molecule has 2 aromatic rings. The van der Waals surface area contributed by atoms with Gasteiger partial charge in [-0.2, -0.15) is 4.99 Å². The molecule has 0 fully saturated rings. The summed E-state index contributed by atoms with van der Waals surface area (Å²) in [5.74, 6) is 0.131. The van der Waals surface area contributed by atoms with Crippen molar-refractivity contribution in [3.05, 3.63) is 68.2 Å². The van der Waals surface area contributed by atoms with E-state index in [-0.39, 0.29) is 17.6 Å². The van der Waals surface area contributed by atoms with Crippen LogP contribution in [0.4, 0.5) is 11.4 Å². The Morgan fingerprint density at radius 3 is 2.36 bits per heavy atom. The Morgan fingerprint density at radius 1 is 1.08 bits per heavy atom. The number of nitro groups is 1. The third-order valence-corrected chi connectivity index (χ3v) is 4.30. The average molecular weight is 379 g/mol. The Bertz CT molecular complexity index is 897. The molecule has 0 spiro atoms. The fraction of sp³-hybridized carbons (Fsp3) is 0.0667. The molecule has 0 saturated heterocycles. The smallest absolute Gasteiger partial charge is 0.269 e. The van der Waals surface area contributed by atoms with Gasteiger partial charge in [0.25, 0.3) is 5.69 Å². The molecule has 1 aliphatic heterocycles. The number of nitro benzene ring substituents is 1. The van der Waals surface area contributed by atoms with Crippen LogP contribution in [0.3, 0.4) is 0 Å². The zero-order valence-corrected chi connectivity index (χ0v) is 14.1. The summed E-state index contributed by atoms with van der Waals surface area (Å²) in [6.45, 7) is 0. The van der Waals surface area contributed by atoms with Gasteiger partial charge in [0.2, 0.25) is 11.9 Å². The normalized spacial score (nSPS) is 17.0. The molecular weight excluding hydrogens is 367 g/mol. The number of guanidine groups is 2. The first-order valence-corrected chi connectivity index (χ1v) is 7.78. The van der Waals surface area contributed by atoms with E-state index in [2.05, 4.69) is 9.98 Å². The van der Waals surface area contributed by atoms with Crippen molar-refractivity contribution in [1.29, 1.82) is 0 Å². The van der Waals surface area contributed by atoms with Crippen LogP contribution in [0.15, 0.2) is 52.4 Å². The van der Waals surface area contributed by atoms with Crippen molar-refractivity contribution in [2.24, 2.45) is 21.5 Å². The van der Waals surface area contributed by atoms with Crippen LogP contribution in [0.25, 0.3) is 0 Å². The fourth-order valence-corrected chi connectivity index (χ4v) is 2.70. The molecule has 2 aromatic carbocycles. The first-order valence-electron chi connectivity index (χ1n) is 7.03. The zero-order chi connectivity index (χ0) is 18.1. The SMILES string of the molecule is NC1=N[C@@H](c2ccc([N+](=O)[O-])cc2)N(c2ccc(Cl)c(Cl)c2)C(N)=N1. The number of benzene rings is 2. The van der Waals surface area contributed by atoms with Crippen molar-refractivity contribution in [3.63, 3.8) is 0 Å². The molecule has 8 nitrogen and oxygen atoms in total. The van der Waals surface area contributed by atoms with Gasteiger partial charge in [-0.1, -0.05) is 23.2 Å². The molecule has 10 heteroatoms. The second-order valence-corrected chi connectivity index (χ2v) is 5.96. The maximum Gasteiger partial charge on any atom is 0.269 e. The fourth-order valence-electron chi connectivity index (χ4n) is 2.41. The van der Waals surface area contributed by atoms with Gasteiger partial charge >= 0.3 is 0 Å². The van der Waals surface area contributed by atoms with Crippen LogP contribution in [0.5, 0.6) is 0 Å². The molecule has 1 atom stereocenters. The number of hydrogen-bond acceptors (Lipinski definition) is 7. The van der Waals surface area contributed by atoms with E-state index in [0.717, 1.165) is 0 Å². The highest BCUT2D eigenvalue weighted by atomic mass is 35.5. The third-order valence-electron chi connectivity index (χ3n) is 3.56. The molecule has 0 unspecified atom stereocenters. The zero-order valence-electron chi connectivity index (χ0n) is 12.6. The second-order valence-electron chi connectivity index (χ2n) is 5.15. The third kappa shape index (κ3) is 3.35. The summed E-state index contributed by atoms with van der Waals surface area (Å²) in [7, 11) is 0. The molecule has 0 radical (unpaired) electrons. The predicted octanol–water partition coefficient (Wildman–Crippen LogP) is 3.05. The molecule has 4 N–H and O–H groups in total. The van der Waals surface area contributed by atoms with Crippen LogP contribution in [0.2, 0.25) is 10.0 Å². The van der Waals surface area contributed by atoms with Crippen molar-refractivity contribution in [2.75, 3.05) is 4.90 Å². The Balaban J connectivity index is 2.06. The summed E-state index contributed by atoms with van der Waals surface area (Å²) in [5.41, 5.74) is 13.0. The van der Waals surface area contributed by atoms with Gasteiger partial charge in [-0.3, -0.25) is 15.0 Å². The number of non-ortho nitro benzene ring substituents is 1. The van der Waals surface area contributed by atoms with Crippen LogP contribution in [-0.4, -0.2) is 16.8 Å². The maximum atomic E-state index is 10.8. The average Bonchev–Trinajstić information content (AvgIpc) is 2.57. The van der Waals surface area contributed by atoms with Gasteiger partial charge in [-0.15, -0.1) is 0 Å². The summed E-state index contributed by atoms with van der Waals surface area (Å²) in [5, 5.41) is 11.6. The Morgan fingerprint density at radius 2 is 1.76 bits per heavy atom. The van der Waals surface area contributed by atoms with Crippen LogP contribution in [-0.2, 0) is 0 Å². The Labute approximate surface area is 152 Å².